The minimum absolute atomic E-state index is 0.00709. The third kappa shape index (κ3) is 3.49. The summed E-state index contributed by atoms with van der Waals surface area (Å²) < 4.78 is 0. The molecule has 1 unspecified atom stereocenters. The standard InChI is InChI=1S/C18H25NO3/c1-17(2)10-14(13-8-6-5-7-9-13)15(16(20)12-17)11-18(3,4)19(21)22/h5-9,14,20H,10-12H2,1-4H3. The van der Waals surface area contributed by atoms with Gasteiger partial charge in [0.15, 0.2) is 0 Å². The molecule has 0 aromatic heterocycles. The van der Waals surface area contributed by atoms with E-state index in [-0.39, 0.29) is 22.7 Å². The van der Waals surface area contributed by atoms with Gasteiger partial charge in [0.05, 0.1) is 5.76 Å². The van der Waals surface area contributed by atoms with Crippen molar-refractivity contribution in [2.75, 3.05) is 0 Å². The zero-order valence-corrected chi connectivity index (χ0v) is 13.8. The van der Waals surface area contributed by atoms with Crippen LogP contribution in [-0.2, 0) is 0 Å². The first-order valence-electron chi connectivity index (χ1n) is 7.73. The van der Waals surface area contributed by atoms with Crippen LogP contribution < -0.4 is 0 Å². The highest BCUT2D eigenvalue weighted by Crippen LogP contribution is 2.48. The Hall–Kier alpha value is -1.84. The molecule has 120 valence electrons. The summed E-state index contributed by atoms with van der Waals surface area (Å²) in [6.45, 7) is 7.51. The Morgan fingerprint density at radius 2 is 1.91 bits per heavy atom. The van der Waals surface area contributed by atoms with E-state index in [1.165, 1.54) is 0 Å². The maximum absolute atomic E-state index is 11.3. The summed E-state index contributed by atoms with van der Waals surface area (Å²) in [5, 5.41) is 21.8. The second-order valence-electron chi connectivity index (χ2n) is 7.73. The van der Waals surface area contributed by atoms with E-state index in [0.29, 0.717) is 12.2 Å². The van der Waals surface area contributed by atoms with E-state index in [9.17, 15) is 15.2 Å². The fourth-order valence-electron chi connectivity index (χ4n) is 3.28. The third-order valence-electron chi connectivity index (χ3n) is 4.51. The second kappa shape index (κ2) is 5.75. The highest BCUT2D eigenvalue weighted by molar-refractivity contribution is 5.34. The molecule has 0 aliphatic heterocycles. The lowest BCUT2D eigenvalue weighted by Crippen LogP contribution is -2.34. The molecule has 22 heavy (non-hydrogen) atoms. The normalized spacial score (nSPS) is 21.7. The zero-order valence-electron chi connectivity index (χ0n) is 13.8. The summed E-state index contributed by atoms with van der Waals surface area (Å²) in [5.74, 6) is 0.379. The molecule has 0 saturated heterocycles. The van der Waals surface area contributed by atoms with Crippen LogP contribution in [0.2, 0.25) is 0 Å². The van der Waals surface area contributed by atoms with Crippen LogP contribution in [0.15, 0.2) is 41.7 Å². The number of benzene rings is 1. The second-order valence-corrected chi connectivity index (χ2v) is 7.73. The lowest BCUT2D eigenvalue weighted by Gasteiger charge is -2.38. The lowest BCUT2D eigenvalue weighted by molar-refractivity contribution is -0.560. The van der Waals surface area contributed by atoms with E-state index >= 15 is 0 Å². The fourth-order valence-corrected chi connectivity index (χ4v) is 3.28. The van der Waals surface area contributed by atoms with Gasteiger partial charge in [-0.2, -0.15) is 0 Å². The maximum atomic E-state index is 11.3. The van der Waals surface area contributed by atoms with Crippen molar-refractivity contribution in [1.29, 1.82) is 0 Å². The Balaban J connectivity index is 2.43. The highest BCUT2D eigenvalue weighted by atomic mass is 16.6. The van der Waals surface area contributed by atoms with Crippen LogP contribution in [-0.4, -0.2) is 15.6 Å². The number of nitro groups is 1. The number of rotatable bonds is 4. The fraction of sp³-hybridized carbons (Fsp3) is 0.556. The molecule has 4 nitrogen and oxygen atoms in total. The van der Waals surface area contributed by atoms with Crippen LogP contribution in [0.4, 0.5) is 0 Å². The first-order valence-corrected chi connectivity index (χ1v) is 7.73. The minimum Gasteiger partial charge on any atom is -0.512 e. The average molecular weight is 303 g/mol. The molecule has 1 aliphatic carbocycles. The Morgan fingerprint density at radius 3 is 2.45 bits per heavy atom. The van der Waals surface area contributed by atoms with Crippen molar-refractivity contribution < 1.29 is 10.0 Å². The van der Waals surface area contributed by atoms with Gasteiger partial charge in [-0.25, -0.2) is 0 Å². The van der Waals surface area contributed by atoms with Crippen molar-refractivity contribution in [1.82, 2.24) is 0 Å². The molecule has 0 spiro atoms. The van der Waals surface area contributed by atoms with E-state index < -0.39 is 5.54 Å². The van der Waals surface area contributed by atoms with Crippen molar-refractivity contribution in [3.8, 4) is 0 Å². The molecular weight excluding hydrogens is 278 g/mol. The van der Waals surface area contributed by atoms with Gasteiger partial charge in [0.2, 0.25) is 5.54 Å². The lowest BCUT2D eigenvalue weighted by atomic mass is 9.67. The summed E-state index contributed by atoms with van der Waals surface area (Å²) >= 11 is 0. The molecule has 1 aromatic carbocycles. The maximum Gasteiger partial charge on any atom is 0.220 e. The van der Waals surface area contributed by atoms with Gasteiger partial charge in [-0.1, -0.05) is 44.2 Å². The predicted molar refractivity (Wildman–Crippen MR) is 87.5 cm³/mol. The minimum atomic E-state index is -1.07. The SMILES string of the molecule is CC1(C)CC(O)=C(CC(C)(C)[N+](=O)[O-])C(c2ccccc2)C1. The first-order chi connectivity index (χ1) is 10.1. The molecule has 0 radical (unpaired) electrons. The molecule has 2 rings (SSSR count). The van der Waals surface area contributed by atoms with E-state index in [0.717, 1.165) is 17.6 Å². The molecule has 0 fully saturated rings. The number of aliphatic hydroxyl groups excluding tert-OH is 1. The van der Waals surface area contributed by atoms with Gasteiger partial charge in [-0.3, -0.25) is 10.1 Å². The van der Waals surface area contributed by atoms with Gasteiger partial charge in [0.1, 0.15) is 0 Å². The van der Waals surface area contributed by atoms with Gasteiger partial charge < -0.3 is 5.11 Å². The molecule has 0 heterocycles. The summed E-state index contributed by atoms with van der Waals surface area (Å²) in [4.78, 5) is 11.0. The molecule has 1 N–H and O–H groups in total. The van der Waals surface area contributed by atoms with Gasteiger partial charge in [0, 0.05) is 37.5 Å². The Bertz CT molecular complexity index is 588. The largest absolute Gasteiger partial charge is 0.512 e. The molecule has 1 atom stereocenters. The smallest absolute Gasteiger partial charge is 0.220 e. The van der Waals surface area contributed by atoms with Crippen LogP contribution in [0.5, 0.6) is 0 Å². The van der Waals surface area contributed by atoms with Crippen molar-refractivity contribution in [3.05, 3.63) is 57.3 Å². The number of hydrogen-bond acceptors (Lipinski definition) is 3. The van der Waals surface area contributed by atoms with E-state index in [1.807, 2.05) is 30.3 Å². The van der Waals surface area contributed by atoms with Gasteiger partial charge in [-0.05, 0) is 23.0 Å². The molecular formula is C18H25NO3. The van der Waals surface area contributed by atoms with Crippen molar-refractivity contribution >= 4 is 0 Å². The van der Waals surface area contributed by atoms with E-state index in [2.05, 4.69) is 13.8 Å². The van der Waals surface area contributed by atoms with Crippen molar-refractivity contribution in [2.45, 2.75) is 58.4 Å². The zero-order chi connectivity index (χ0) is 16.5. The van der Waals surface area contributed by atoms with E-state index in [4.69, 9.17) is 0 Å². The predicted octanol–water partition coefficient (Wildman–Crippen LogP) is 4.85. The van der Waals surface area contributed by atoms with Crippen LogP contribution >= 0.6 is 0 Å². The Morgan fingerprint density at radius 1 is 1.32 bits per heavy atom. The molecule has 0 saturated carbocycles. The molecule has 0 bridgehead atoms. The summed E-state index contributed by atoms with van der Waals surface area (Å²) in [6.07, 6.45) is 1.76. The summed E-state index contributed by atoms with van der Waals surface area (Å²) in [6, 6.07) is 9.99. The summed E-state index contributed by atoms with van der Waals surface area (Å²) in [7, 11) is 0. The molecule has 0 amide bonds. The summed E-state index contributed by atoms with van der Waals surface area (Å²) in [5.41, 5.74) is 0.869. The van der Waals surface area contributed by atoms with E-state index in [1.54, 1.807) is 13.8 Å². The Labute approximate surface area is 132 Å². The van der Waals surface area contributed by atoms with Crippen LogP contribution in [0.25, 0.3) is 0 Å². The van der Waals surface area contributed by atoms with Gasteiger partial charge in [-0.15, -0.1) is 0 Å². The van der Waals surface area contributed by atoms with Crippen LogP contribution in [0, 0.1) is 15.5 Å². The monoisotopic (exact) mass is 303 g/mol. The average Bonchev–Trinajstić information content (AvgIpc) is 2.41. The third-order valence-corrected chi connectivity index (χ3v) is 4.51. The van der Waals surface area contributed by atoms with Gasteiger partial charge >= 0.3 is 0 Å². The Kier molecular flexibility index (Phi) is 4.32. The molecule has 4 heteroatoms. The number of hydrogen-bond donors (Lipinski definition) is 1. The highest BCUT2D eigenvalue weighted by Gasteiger charge is 2.40. The first kappa shape index (κ1) is 16.5. The van der Waals surface area contributed by atoms with Gasteiger partial charge in [0.25, 0.3) is 0 Å². The number of allylic oxidation sites excluding steroid dienone is 1. The number of aliphatic hydroxyl groups is 1. The molecule has 1 aliphatic rings. The van der Waals surface area contributed by atoms with Crippen molar-refractivity contribution in [3.63, 3.8) is 0 Å². The van der Waals surface area contributed by atoms with Crippen molar-refractivity contribution in [2.24, 2.45) is 5.41 Å². The van der Waals surface area contributed by atoms with Crippen LogP contribution in [0.3, 0.4) is 0 Å². The topological polar surface area (TPSA) is 63.4 Å². The quantitative estimate of drug-likeness (QED) is 0.639. The van der Waals surface area contributed by atoms with Crippen LogP contribution in [0.1, 0.15) is 58.4 Å². The number of nitrogens with zero attached hydrogens (tertiary/aromatic N) is 1. The molecule has 1 aromatic rings.